The van der Waals surface area contributed by atoms with Crippen LogP contribution in [0.2, 0.25) is 0 Å². The number of hydrogen-bond acceptors (Lipinski definition) is 7. The highest BCUT2D eigenvalue weighted by atomic mass is 32.2. The van der Waals surface area contributed by atoms with Crippen LogP contribution in [0.3, 0.4) is 0 Å². The Morgan fingerprint density at radius 3 is 2.67 bits per heavy atom. The molecule has 0 bridgehead atoms. The zero-order chi connectivity index (χ0) is 10.7. The second kappa shape index (κ2) is 4.32. The average molecular weight is 224 g/mol. The fourth-order valence-corrected chi connectivity index (χ4v) is 1.49. The molecule has 0 fully saturated rings. The highest BCUT2D eigenvalue weighted by Crippen LogP contribution is 2.19. The van der Waals surface area contributed by atoms with E-state index in [1.807, 2.05) is 0 Å². The Balaban J connectivity index is 2.14. The molecule has 2 aromatic rings. The van der Waals surface area contributed by atoms with Crippen LogP contribution in [0.4, 0.5) is 0 Å². The molecule has 0 atom stereocenters. The summed E-state index contributed by atoms with van der Waals surface area (Å²) in [6.45, 7) is -0.0591. The summed E-state index contributed by atoms with van der Waals surface area (Å²) in [7, 11) is 1.74. The SMILES string of the molecule is Cn1nnnc1Sc1ncc(CO)cn1. The summed E-state index contributed by atoms with van der Waals surface area (Å²) in [5, 5.41) is 20.9. The second-order valence-electron chi connectivity index (χ2n) is 2.72. The molecule has 0 spiro atoms. The van der Waals surface area contributed by atoms with Crippen molar-refractivity contribution >= 4 is 11.8 Å². The molecule has 0 unspecified atom stereocenters. The average Bonchev–Trinajstić information content (AvgIpc) is 2.66. The predicted octanol–water partition coefficient (Wildman–Crippen LogP) is -0.356. The predicted molar refractivity (Wildman–Crippen MR) is 50.9 cm³/mol. The summed E-state index contributed by atoms with van der Waals surface area (Å²) < 4.78 is 1.54. The number of aryl methyl sites for hydroxylation is 1. The lowest BCUT2D eigenvalue weighted by Crippen LogP contribution is -1.95. The van der Waals surface area contributed by atoms with E-state index in [0.29, 0.717) is 15.9 Å². The van der Waals surface area contributed by atoms with Crippen LogP contribution < -0.4 is 0 Å². The first-order chi connectivity index (χ1) is 7.29. The lowest BCUT2D eigenvalue weighted by Gasteiger charge is -1.98. The maximum atomic E-state index is 8.81. The molecule has 7 nitrogen and oxygen atoms in total. The Morgan fingerprint density at radius 1 is 1.40 bits per heavy atom. The molecule has 2 rings (SSSR count). The third-order valence-electron chi connectivity index (χ3n) is 1.63. The van der Waals surface area contributed by atoms with E-state index >= 15 is 0 Å². The Bertz CT molecular complexity index is 441. The lowest BCUT2D eigenvalue weighted by atomic mass is 10.4. The minimum Gasteiger partial charge on any atom is -0.392 e. The van der Waals surface area contributed by atoms with Gasteiger partial charge in [-0.3, -0.25) is 0 Å². The van der Waals surface area contributed by atoms with Gasteiger partial charge in [0, 0.05) is 25.0 Å². The summed E-state index contributed by atoms with van der Waals surface area (Å²) in [6.07, 6.45) is 3.14. The molecule has 8 heteroatoms. The molecule has 0 aliphatic carbocycles. The number of aromatic nitrogens is 6. The molecule has 2 aromatic heterocycles. The van der Waals surface area contributed by atoms with Gasteiger partial charge < -0.3 is 5.11 Å². The summed E-state index contributed by atoms with van der Waals surface area (Å²) in [5.74, 6) is 0. The molecule has 0 saturated heterocycles. The number of rotatable bonds is 3. The van der Waals surface area contributed by atoms with Crippen LogP contribution in [-0.2, 0) is 13.7 Å². The van der Waals surface area contributed by atoms with Gasteiger partial charge in [-0.1, -0.05) is 0 Å². The van der Waals surface area contributed by atoms with E-state index in [2.05, 4.69) is 25.5 Å². The minimum atomic E-state index is -0.0591. The number of hydrogen-bond donors (Lipinski definition) is 1. The molecule has 0 amide bonds. The molecule has 0 saturated carbocycles. The van der Waals surface area contributed by atoms with Crippen molar-refractivity contribution in [2.75, 3.05) is 0 Å². The van der Waals surface area contributed by atoms with Crippen molar-refractivity contribution in [1.29, 1.82) is 0 Å². The molecule has 0 radical (unpaired) electrons. The van der Waals surface area contributed by atoms with Gasteiger partial charge >= 0.3 is 0 Å². The van der Waals surface area contributed by atoms with Gasteiger partial charge in [-0.15, -0.1) is 5.10 Å². The number of tetrazole rings is 1. The fraction of sp³-hybridized carbons (Fsp3) is 0.286. The quantitative estimate of drug-likeness (QED) is 0.712. The maximum Gasteiger partial charge on any atom is 0.216 e. The van der Waals surface area contributed by atoms with Gasteiger partial charge in [0.05, 0.1) is 6.61 Å². The molecule has 0 aliphatic rings. The topological polar surface area (TPSA) is 89.6 Å². The molecule has 78 valence electrons. The standard InChI is InChI=1S/C7H8N6OS/c1-13-7(10-11-12-13)15-6-8-2-5(4-14)3-9-6/h2-3,14H,4H2,1H3. The number of aliphatic hydroxyl groups excluding tert-OH is 1. The molecule has 15 heavy (non-hydrogen) atoms. The van der Waals surface area contributed by atoms with Crippen LogP contribution in [0.1, 0.15) is 5.56 Å². The van der Waals surface area contributed by atoms with E-state index in [9.17, 15) is 0 Å². The largest absolute Gasteiger partial charge is 0.392 e. The number of nitrogens with zero attached hydrogens (tertiary/aromatic N) is 6. The van der Waals surface area contributed by atoms with Crippen LogP contribution >= 0.6 is 11.8 Å². The first-order valence-electron chi connectivity index (χ1n) is 4.11. The Hall–Kier alpha value is -1.54. The van der Waals surface area contributed by atoms with Crippen molar-refractivity contribution in [3.8, 4) is 0 Å². The highest BCUT2D eigenvalue weighted by Gasteiger charge is 2.06. The van der Waals surface area contributed by atoms with Crippen molar-refractivity contribution in [1.82, 2.24) is 30.2 Å². The van der Waals surface area contributed by atoms with E-state index in [1.165, 1.54) is 16.4 Å². The van der Waals surface area contributed by atoms with Crippen molar-refractivity contribution in [2.45, 2.75) is 16.9 Å². The van der Waals surface area contributed by atoms with Crippen molar-refractivity contribution < 1.29 is 5.11 Å². The van der Waals surface area contributed by atoms with Crippen LogP contribution in [0.25, 0.3) is 0 Å². The van der Waals surface area contributed by atoms with Gasteiger partial charge in [-0.05, 0) is 22.2 Å². The fourth-order valence-electron chi connectivity index (χ4n) is 0.867. The van der Waals surface area contributed by atoms with Crippen LogP contribution in [0.5, 0.6) is 0 Å². The summed E-state index contributed by atoms with van der Waals surface area (Å²) in [6, 6.07) is 0. The minimum absolute atomic E-state index is 0.0591. The highest BCUT2D eigenvalue weighted by molar-refractivity contribution is 7.99. The zero-order valence-electron chi connectivity index (χ0n) is 7.90. The molecule has 0 aromatic carbocycles. The van der Waals surface area contributed by atoms with Gasteiger partial charge in [0.15, 0.2) is 5.16 Å². The van der Waals surface area contributed by atoms with Crippen molar-refractivity contribution in [3.05, 3.63) is 18.0 Å². The van der Waals surface area contributed by atoms with Gasteiger partial charge in [0.1, 0.15) is 0 Å². The molecular weight excluding hydrogens is 216 g/mol. The Kier molecular flexibility index (Phi) is 2.88. The van der Waals surface area contributed by atoms with E-state index in [1.54, 1.807) is 19.4 Å². The summed E-state index contributed by atoms with van der Waals surface area (Å²) >= 11 is 1.26. The van der Waals surface area contributed by atoms with Crippen LogP contribution in [0.15, 0.2) is 22.7 Å². The smallest absolute Gasteiger partial charge is 0.216 e. The third-order valence-corrected chi connectivity index (χ3v) is 2.55. The maximum absolute atomic E-state index is 8.81. The monoisotopic (exact) mass is 224 g/mol. The first-order valence-corrected chi connectivity index (χ1v) is 4.93. The summed E-state index contributed by atoms with van der Waals surface area (Å²) in [5.41, 5.74) is 0.676. The van der Waals surface area contributed by atoms with Gasteiger partial charge in [0.25, 0.3) is 0 Å². The van der Waals surface area contributed by atoms with Crippen molar-refractivity contribution in [2.24, 2.45) is 7.05 Å². The van der Waals surface area contributed by atoms with Gasteiger partial charge in [0.2, 0.25) is 5.16 Å². The van der Waals surface area contributed by atoms with Crippen molar-refractivity contribution in [3.63, 3.8) is 0 Å². The van der Waals surface area contributed by atoms with E-state index in [0.717, 1.165) is 0 Å². The van der Waals surface area contributed by atoms with E-state index < -0.39 is 0 Å². The first kappa shape index (κ1) is 9.99. The summed E-state index contributed by atoms with van der Waals surface area (Å²) in [4.78, 5) is 8.10. The zero-order valence-corrected chi connectivity index (χ0v) is 8.72. The lowest BCUT2D eigenvalue weighted by molar-refractivity contribution is 0.280. The molecular formula is C7H8N6OS. The Labute approximate surface area is 89.6 Å². The van der Waals surface area contributed by atoms with Crippen LogP contribution in [0, 0.1) is 0 Å². The number of aliphatic hydroxyl groups is 1. The van der Waals surface area contributed by atoms with Gasteiger partial charge in [-0.25, -0.2) is 14.6 Å². The molecule has 2 heterocycles. The van der Waals surface area contributed by atoms with Crippen LogP contribution in [-0.4, -0.2) is 35.3 Å². The van der Waals surface area contributed by atoms with E-state index in [-0.39, 0.29) is 6.61 Å². The molecule has 1 N–H and O–H groups in total. The normalized spacial score (nSPS) is 10.5. The van der Waals surface area contributed by atoms with Gasteiger partial charge in [-0.2, -0.15) is 0 Å². The second-order valence-corrected chi connectivity index (χ2v) is 3.65. The third kappa shape index (κ3) is 2.28. The Morgan fingerprint density at radius 2 is 2.13 bits per heavy atom. The van der Waals surface area contributed by atoms with E-state index in [4.69, 9.17) is 5.11 Å². The molecule has 0 aliphatic heterocycles.